The number of piperidine rings is 1. The molecule has 7 heteroatoms. The van der Waals surface area contributed by atoms with Crippen LogP contribution in [0.3, 0.4) is 0 Å². The molecule has 1 saturated heterocycles. The lowest BCUT2D eigenvalue weighted by Gasteiger charge is -2.34. The van der Waals surface area contributed by atoms with Gasteiger partial charge in [0.15, 0.2) is 0 Å². The molecule has 1 atom stereocenters. The largest absolute Gasteiger partial charge is 0.352 e. The molecule has 1 aliphatic rings. The third kappa shape index (κ3) is 5.60. The summed E-state index contributed by atoms with van der Waals surface area (Å²) < 4.78 is 27.0. The van der Waals surface area contributed by atoms with Crippen molar-refractivity contribution in [2.45, 2.75) is 32.4 Å². The summed E-state index contributed by atoms with van der Waals surface area (Å²) in [7, 11) is 0. The van der Waals surface area contributed by atoms with E-state index < -0.39 is 23.6 Å². The topological polar surface area (TPSA) is 61.4 Å². The molecule has 2 N–H and O–H groups in total. The highest BCUT2D eigenvalue weighted by Crippen LogP contribution is 2.21. The lowest BCUT2D eigenvalue weighted by atomic mass is 9.94. The van der Waals surface area contributed by atoms with Crippen LogP contribution in [0.4, 0.5) is 14.5 Å². The zero-order valence-electron chi connectivity index (χ0n) is 16.3. The third-order valence-corrected chi connectivity index (χ3v) is 5.32. The van der Waals surface area contributed by atoms with Gasteiger partial charge in [-0.05, 0) is 50.6 Å². The van der Waals surface area contributed by atoms with Crippen LogP contribution in [-0.2, 0) is 16.1 Å². The molecule has 2 amide bonds. The van der Waals surface area contributed by atoms with Gasteiger partial charge in [0.25, 0.3) is 0 Å². The molecule has 0 unspecified atom stereocenters. The smallest absolute Gasteiger partial charge is 0.241 e. The minimum absolute atomic E-state index is 0.0208. The first kappa shape index (κ1) is 20.9. The minimum Gasteiger partial charge on any atom is -0.352 e. The lowest BCUT2D eigenvalue weighted by Crippen LogP contribution is -2.48. The highest BCUT2D eigenvalue weighted by Gasteiger charge is 2.30. The van der Waals surface area contributed by atoms with Gasteiger partial charge < -0.3 is 10.6 Å². The molecular formula is C22H25F2N3O2. The Morgan fingerprint density at radius 1 is 1.10 bits per heavy atom. The number of halogens is 2. The Balaban J connectivity index is 1.47. The van der Waals surface area contributed by atoms with Crippen LogP contribution in [0.15, 0.2) is 48.5 Å². The highest BCUT2D eigenvalue weighted by atomic mass is 19.1. The summed E-state index contributed by atoms with van der Waals surface area (Å²) in [6.45, 7) is 3.40. The second-order valence-corrected chi connectivity index (χ2v) is 7.30. The van der Waals surface area contributed by atoms with Crippen LogP contribution in [0.2, 0.25) is 0 Å². The van der Waals surface area contributed by atoms with Gasteiger partial charge in [0.05, 0.1) is 11.7 Å². The zero-order valence-corrected chi connectivity index (χ0v) is 16.3. The molecule has 0 spiro atoms. The quantitative estimate of drug-likeness (QED) is 0.781. The number of carbonyl (C=O) groups is 2. The summed E-state index contributed by atoms with van der Waals surface area (Å²) in [5.74, 6) is -1.77. The molecule has 0 aromatic heterocycles. The number of anilines is 1. The van der Waals surface area contributed by atoms with Crippen molar-refractivity contribution < 1.29 is 18.4 Å². The first-order valence-corrected chi connectivity index (χ1v) is 9.75. The van der Waals surface area contributed by atoms with Crippen LogP contribution >= 0.6 is 0 Å². The zero-order chi connectivity index (χ0) is 20.8. The van der Waals surface area contributed by atoms with Crippen LogP contribution < -0.4 is 10.6 Å². The van der Waals surface area contributed by atoms with E-state index in [4.69, 9.17) is 0 Å². The predicted molar refractivity (Wildman–Crippen MR) is 107 cm³/mol. The first-order chi connectivity index (χ1) is 13.9. The molecule has 2 aromatic rings. The molecule has 0 saturated carbocycles. The molecule has 0 bridgehead atoms. The molecule has 29 heavy (non-hydrogen) atoms. The van der Waals surface area contributed by atoms with Gasteiger partial charge in [0.2, 0.25) is 11.8 Å². The lowest BCUT2D eigenvalue weighted by molar-refractivity contribution is -0.127. The second-order valence-electron chi connectivity index (χ2n) is 7.30. The van der Waals surface area contributed by atoms with Crippen molar-refractivity contribution in [3.05, 3.63) is 65.7 Å². The Hall–Kier alpha value is -2.80. The maximum Gasteiger partial charge on any atom is 0.241 e. The summed E-state index contributed by atoms with van der Waals surface area (Å²) in [4.78, 5) is 26.8. The van der Waals surface area contributed by atoms with Crippen molar-refractivity contribution in [1.29, 1.82) is 0 Å². The van der Waals surface area contributed by atoms with E-state index >= 15 is 0 Å². The number of nitrogens with zero attached hydrogens (tertiary/aromatic N) is 1. The number of hydrogen-bond acceptors (Lipinski definition) is 3. The average molecular weight is 401 g/mol. The number of likely N-dealkylation sites (tertiary alicyclic amines) is 1. The average Bonchev–Trinajstić information content (AvgIpc) is 2.75. The van der Waals surface area contributed by atoms with E-state index in [0.717, 1.165) is 23.8 Å². The predicted octanol–water partition coefficient (Wildman–Crippen LogP) is 3.32. The summed E-state index contributed by atoms with van der Waals surface area (Å²) in [5.41, 5.74) is 0.880. The van der Waals surface area contributed by atoms with E-state index in [1.54, 1.807) is 6.92 Å². The molecule has 3 rings (SSSR count). The fraction of sp³-hybridized carbons (Fsp3) is 0.364. The number of rotatable bonds is 6. The SMILES string of the molecule is C[C@@H](C(=O)Nc1cc(F)ccc1F)N1CCC(C(=O)NCc2ccccc2)CC1. The molecule has 1 fully saturated rings. The Morgan fingerprint density at radius 3 is 2.48 bits per heavy atom. The molecule has 0 aliphatic carbocycles. The second kappa shape index (κ2) is 9.60. The monoisotopic (exact) mass is 401 g/mol. The number of nitrogens with one attached hydrogen (secondary N) is 2. The van der Waals surface area contributed by atoms with Crippen LogP contribution in [0.1, 0.15) is 25.3 Å². The molecular weight excluding hydrogens is 376 g/mol. The maximum absolute atomic E-state index is 13.7. The Morgan fingerprint density at radius 2 is 1.79 bits per heavy atom. The van der Waals surface area contributed by atoms with Gasteiger partial charge in [-0.15, -0.1) is 0 Å². The Kier molecular flexibility index (Phi) is 6.93. The van der Waals surface area contributed by atoms with Gasteiger partial charge in [0, 0.05) is 18.5 Å². The number of carbonyl (C=O) groups excluding carboxylic acids is 2. The number of hydrogen-bond donors (Lipinski definition) is 2. The van der Waals surface area contributed by atoms with Gasteiger partial charge >= 0.3 is 0 Å². The first-order valence-electron chi connectivity index (χ1n) is 9.75. The molecule has 2 aromatic carbocycles. The van der Waals surface area contributed by atoms with Crippen molar-refractivity contribution in [2.75, 3.05) is 18.4 Å². The molecule has 0 radical (unpaired) electrons. The highest BCUT2D eigenvalue weighted by molar-refractivity contribution is 5.94. The van der Waals surface area contributed by atoms with E-state index in [-0.39, 0.29) is 17.5 Å². The van der Waals surface area contributed by atoms with Crippen molar-refractivity contribution in [2.24, 2.45) is 5.92 Å². The fourth-order valence-corrected chi connectivity index (χ4v) is 3.47. The van der Waals surface area contributed by atoms with E-state index in [9.17, 15) is 18.4 Å². The van der Waals surface area contributed by atoms with E-state index in [0.29, 0.717) is 32.5 Å². The van der Waals surface area contributed by atoms with Gasteiger partial charge in [-0.2, -0.15) is 0 Å². The van der Waals surface area contributed by atoms with Gasteiger partial charge in [-0.25, -0.2) is 8.78 Å². The van der Waals surface area contributed by atoms with Crippen LogP contribution in [0, 0.1) is 17.6 Å². The Labute approximate surface area is 169 Å². The summed E-state index contributed by atoms with van der Waals surface area (Å²) in [6, 6.07) is 12.2. The summed E-state index contributed by atoms with van der Waals surface area (Å²) >= 11 is 0. The van der Waals surface area contributed by atoms with Crippen molar-refractivity contribution in [3.63, 3.8) is 0 Å². The van der Waals surface area contributed by atoms with Crippen molar-refractivity contribution in [3.8, 4) is 0 Å². The maximum atomic E-state index is 13.7. The van der Waals surface area contributed by atoms with Crippen molar-refractivity contribution >= 4 is 17.5 Å². The number of amides is 2. The molecule has 1 heterocycles. The minimum atomic E-state index is -0.680. The molecule has 154 valence electrons. The molecule has 5 nitrogen and oxygen atoms in total. The standard InChI is InChI=1S/C22H25F2N3O2/c1-15(21(28)26-20-13-18(23)7-8-19(20)24)27-11-9-17(10-12-27)22(29)25-14-16-5-3-2-4-6-16/h2-8,13,15,17H,9-12,14H2,1H3,(H,25,29)(H,26,28)/t15-/m0/s1. The van der Waals surface area contributed by atoms with Crippen LogP contribution in [0.25, 0.3) is 0 Å². The van der Waals surface area contributed by atoms with Gasteiger partial charge in [0.1, 0.15) is 11.6 Å². The van der Waals surface area contributed by atoms with E-state index in [1.807, 2.05) is 35.2 Å². The van der Waals surface area contributed by atoms with Gasteiger partial charge in [-0.3, -0.25) is 14.5 Å². The third-order valence-electron chi connectivity index (χ3n) is 5.32. The van der Waals surface area contributed by atoms with E-state index in [1.165, 1.54) is 0 Å². The van der Waals surface area contributed by atoms with Gasteiger partial charge in [-0.1, -0.05) is 30.3 Å². The van der Waals surface area contributed by atoms with E-state index in [2.05, 4.69) is 10.6 Å². The summed E-state index contributed by atoms with van der Waals surface area (Å²) in [6.07, 6.45) is 1.29. The number of benzene rings is 2. The molecule has 1 aliphatic heterocycles. The van der Waals surface area contributed by atoms with Crippen LogP contribution in [0.5, 0.6) is 0 Å². The fourth-order valence-electron chi connectivity index (χ4n) is 3.47. The van der Waals surface area contributed by atoms with Crippen molar-refractivity contribution in [1.82, 2.24) is 10.2 Å². The summed E-state index contributed by atoms with van der Waals surface area (Å²) in [5, 5.41) is 5.41. The van der Waals surface area contributed by atoms with Crippen LogP contribution in [-0.4, -0.2) is 35.8 Å². The Bertz CT molecular complexity index is 852. The normalized spacial score (nSPS) is 16.2.